The van der Waals surface area contributed by atoms with Gasteiger partial charge in [0.2, 0.25) is 0 Å². The van der Waals surface area contributed by atoms with Crippen molar-refractivity contribution < 1.29 is 0 Å². The van der Waals surface area contributed by atoms with Crippen molar-refractivity contribution in [3.8, 4) is 0 Å². The maximum atomic E-state index is 7.38. The molecule has 1 aromatic rings. The van der Waals surface area contributed by atoms with Crippen LogP contribution in [-0.2, 0) is 5.41 Å². The van der Waals surface area contributed by atoms with E-state index in [0.717, 1.165) is 22.8 Å². The highest BCUT2D eigenvalue weighted by atomic mass is 32.1. The molecule has 0 radical (unpaired) electrons. The van der Waals surface area contributed by atoms with Gasteiger partial charge in [0, 0.05) is 6.42 Å². The molecular weight excluding hydrogens is 326 g/mol. The lowest BCUT2D eigenvalue weighted by atomic mass is 9.83. The molecule has 0 aromatic carbocycles. The Kier molecular flexibility index (Phi) is 4.74. The van der Waals surface area contributed by atoms with Crippen LogP contribution in [0.15, 0.2) is 53.3 Å². The van der Waals surface area contributed by atoms with Crippen molar-refractivity contribution in [2.75, 3.05) is 0 Å². The average molecular weight is 352 g/mol. The molecule has 0 spiro atoms. The minimum atomic E-state index is -0.268. The molecule has 0 bridgehead atoms. The summed E-state index contributed by atoms with van der Waals surface area (Å²) < 4.78 is 0. The van der Waals surface area contributed by atoms with Crippen molar-refractivity contribution in [1.82, 2.24) is 4.98 Å². The summed E-state index contributed by atoms with van der Waals surface area (Å²) in [4.78, 5) is 6.15. The minimum absolute atomic E-state index is 0.0484. The summed E-state index contributed by atoms with van der Waals surface area (Å²) in [7, 11) is 0. The van der Waals surface area contributed by atoms with E-state index in [-0.39, 0.29) is 10.8 Å². The molecule has 0 aliphatic heterocycles. The van der Waals surface area contributed by atoms with Gasteiger partial charge in [0.05, 0.1) is 21.7 Å². The molecule has 0 amide bonds. The minimum Gasteiger partial charge on any atom is -0.240 e. The number of nitrogens with zero attached hydrogens (tertiary/aromatic N) is 2. The van der Waals surface area contributed by atoms with E-state index in [1.54, 1.807) is 11.3 Å². The van der Waals surface area contributed by atoms with E-state index in [4.69, 9.17) is 10.5 Å². The zero-order chi connectivity index (χ0) is 18.1. The quantitative estimate of drug-likeness (QED) is 0.477. The van der Waals surface area contributed by atoms with Gasteiger partial charge in [-0.3, -0.25) is 0 Å². The van der Waals surface area contributed by atoms with Crippen LogP contribution in [0.5, 0.6) is 0 Å². The molecule has 3 rings (SSSR count). The Morgan fingerprint density at radius 1 is 1.16 bits per heavy atom. The molecule has 2 aliphatic carbocycles. The van der Waals surface area contributed by atoms with Gasteiger partial charge in [0.25, 0.3) is 0 Å². The standard InChI is InChI=1S/C21H25N3S/c1-15-7-9-17-18(10-8-15)25-19(23-17)21(4)11-5-6-16(24-22)14-20(2,3)12-13-21/h5-13,15,22H,14H2,1-4H3/b11-5-,13-12-,16-6?,24-22?. The molecule has 1 aromatic heterocycles. The van der Waals surface area contributed by atoms with Gasteiger partial charge < -0.3 is 0 Å². The SMILES string of the molecule is CC1C=Cc2nc(C3(C)/C=C\C=C(N=N)CC(C)(C)/C=C\3)sc2C=C1. The number of allylic oxidation sites excluding steroid dienone is 8. The first-order valence-corrected chi connectivity index (χ1v) is 9.47. The first-order chi connectivity index (χ1) is 11.8. The van der Waals surface area contributed by atoms with E-state index in [0.29, 0.717) is 5.92 Å². The Morgan fingerprint density at radius 2 is 1.92 bits per heavy atom. The highest BCUT2D eigenvalue weighted by Gasteiger charge is 2.28. The molecule has 2 unspecified atom stereocenters. The second-order valence-electron chi connectivity index (χ2n) is 7.76. The summed E-state index contributed by atoms with van der Waals surface area (Å²) >= 11 is 1.75. The Labute approximate surface area is 154 Å². The van der Waals surface area contributed by atoms with Crippen LogP contribution in [0.4, 0.5) is 0 Å². The maximum Gasteiger partial charge on any atom is 0.107 e. The number of thiazole rings is 1. The van der Waals surface area contributed by atoms with Gasteiger partial charge >= 0.3 is 0 Å². The summed E-state index contributed by atoms with van der Waals surface area (Å²) in [6, 6.07) is 0. The lowest BCUT2D eigenvalue weighted by Crippen LogP contribution is -2.17. The van der Waals surface area contributed by atoms with Crippen molar-refractivity contribution in [1.29, 1.82) is 5.53 Å². The molecule has 1 heterocycles. The van der Waals surface area contributed by atoms with Crippen molar-refractivity contribution >= 4 is 23.5 Å². The molecule has 130 valence electrons. The van der Waals surface area contributed by atoms with Crippen LogP contribution in [0.3, 0.4) is 0 Å². The summed E-state index contributed by atoms with van der Waals surface area (Å²) in [5.74, 6) is 0.447. The van der Waals surface area contributed by atoms with Crippen molar-refractivity contribution in [2.24, 2.45) is 16.4 Å². The summed E-state index contributed by atoms with van der Waals surface area (Å²) in [6.45, 7) is 8.73. The number of nitrogens with one attached hydrogen (secondary N) is 1. The normalized spacial score (nSPS) is 30.2. The van der Waals surface area contributed by atoms with Gasteiger partial charge in [0.15, 0.2) is 0 Å². The average Bonchev–Trinajstić information content (AvgIpc) is 2.93. The lowest BCUT2D eigenvalue weighted by molar-refractivity contribution is 0.466. The van der Waals surface area contributed by atoms with Crippen LogP contribution >= 0.6 is 11.3 Å². The van der Waals surface area contributed by atoms with Gasteiger partial charge in [-0.05, 0) is 36.5 Å². The number of fused-ring (bicyclic) bond motifs is 1. The molecule has 2 aliphatic rings. The van der Waals surface area contributed by atoms with E-state index in [2.05, 4.69) is 75.3 Å². The number of aromatic nitrogens is 1. The molecule has 3 nitrogen and oxygen atoms in total. The molecule has 4 heteroatoms. The van der Waals surface area contributed by atoms with Gasteiger partial charge in [-0.15, -0.1) is 11.3 Å². The summed E-state index contributed by atoms with van der Waals surface area (Å²) in [6.07, 6.45) is 20.1. The Balaban J connectivity index is 2.04. The van der Waals surface area contributed by atoms with Gasteiger partial charge in [-0.1, -0.05) is 57.2 Å². The maximum absolute atomic E-state index is 7.38. The van der Waals surface area contributed by atoms with Crippen LogP contribution in [-0.4, -0.2) is 4.98 Å². The van der Waals surface area contributed by atoms with Crippen molar-refractivity contribution in [3.63, 3.8) is 0 Å². The molecule has 0 fully saturated rings. The van der Waals surface area contributed by atoms with Crippen LogP contribution in [0.1, 0.15) is 49.7 Å². The van der Waals surface area contributed by atoms with E-state index in [1.165, 1.54) is 4.88 Å². The van der Waals surface area contributed by atoms with Crippen molar-refractivity contribution in [3.05, 3.63) is 63.8 Å². The fourth-order valence-electron chi connectivity index (χ4n) is 2.98. The smallest absolute Gasteiger partial charge is 0.107 e. The van der Waals surface area contributed by atoms with E-state index < -0.39 is 0 Å². The first kappa shape index (κ1) is 17.7. The first-order valence-electron chi connectivity index (χ1n) is 8.65. The van der Waals surface area contributed by atoms with Gasteiger partial charge in [-0.25, -0.2) is 10.5 Å². The van der Waals surface area contributed by atoms with Gasteiger partial charge in [-0.2, -0.15) is 5.11 Å². The lowest BCUT2D eigenvalue weighted by Gasteiger charge is -2.23. The highest BCUT2D eigenvalue weighted by molar-refractivity contribution is 7.13. The fraction of sp³-hybridized carbons (Fsp3) is 0.381. The monoisotopic (exact) mass is 351 g/mol. The predicted molar refractivity (Wildman–Crippen MR) is 107 cm³/mol. The van der Waals surface area contributed by atoms with Crippen LogP contribution < -0.4 is 0 Å². The topological polar surface area (TPSA) is 49.1 Å². The van der Waals surface area contributed by atoms with Crippen LogP contribution in [0.25, 0.3) is 12.2 Å². The number of rotatable bonds is 2. The van der Waals surface area contributed by atoms with Crippen LogP contribution in [0.2, 0.25) is 0 Å². The zero-order valence-electron chi connectivity index (χ0n) is 15.3. The van der Waals surface area contributed by atoms with Crippen LogP contribution in [0, 0.1) is 16.9 Å². The van der Waals surface area contributed by atoms with Crippen molar-refractivity contribution in [2.45, 2.75) is 39.5 Å². The van der Waals surface area contributed by atoms with E-state index >= 15 is 0 Å². The molecule has 0 saturated heterocycles. The fourth-order valence-corrected chi connectivity index (χ4v) is 4.05. The highest BCUT2D eigenvalue weighted by Crippen LogP contribution is 2.38. The number of hydrogen-bond donors (Lipinski definition) is 1. The number of hydrogen-bond acceptors (Lipinski definition) is 4. The summed E-state index contributed by atoms with van der Waals surface area (Å²) in [5, 5.41) is 4.76. The second kappa shape index (κ2) is 6.68. The Morgan fingerprint density at radius 3 is 2.68 bits per heavy atom. The third kappa shape index (κ3) is 3.96. The molecule has 1 N–H and O–H groups in total. The third-order valence-corrected chi connectivity index (χ3v) is 5.93. The van der Waals surface area contributed by atoms with E-state index in [1.807, 2.05) is 12.2 Å². The largest absolute Gasteiger partial charge is 0.240 e. The molecular formula is C21H25N3S. The summed E-state index contributed by atoms with van der Waals surface area (Å²) in [5.41, 5.74) is 8.91. The molecule has 0 saturated carbocycles. The van der Waals surface area contributed by atoms with Gasteiger partial charge in [0.1, 0.15) is 5.01 Å². The Hall–Kier alpha value is -2.07. The zero-order valence-corrected chi connectivity index (χ0v) is 16.1. The molecule has 2 atom stereocenters. The predicted octanol–water partition coefficient (Wildman–Crippen LogP) is 6.53. The second-order valence-corrected chi connectivity index (χ2v) is 8.79. The van der Waals surface area contributed by atoms with E-state index in [9.17, 15) is 0 Å². The molecule has 25 heavy (non-hydrogen) atoms. The third-order valence-electron chi connectivity index (χ3n) is 4.64. The Bertz CT molecular complexity index is 789.